The van der Waals surface area contributed by atoms with Crippen LogP contribution in [0.15, 0.2) is 28.4 Å². The first-order chi connectivity index (χ1) is 13.7. The number of nitrogens with zero attached hydrogens (tertiary/aromatic N) is 1. The number of esters is 1. The number of Topliss-reactive ketones (excluding diaryl/α,β-unsaturated/α-hetero) is 1. The molecule has 29 heavy (non-hydrogen) atoms. The Kier molecular flexibility index (Phi) is 5.51. The van der Waals surface area contributed by atoms with Crippen molar-refractivity contribution in [2.24, 2.45) is 16.3 Å². The van der Waals surface area contributed by atoms with Crippen LogP contribution in [0.5, 0.6) is 0 Å². The number of carbonyl (C=O) groups excluding carboxylic acids is 2. The summed E-state index contributed by atoms with van der Waals surface area (Å²) in [6.07, 6.45) is 3.18. The average molecular weight is 416 g/mol. The van der Waals surface area contributed by atoms with Crippen LogP contribution in [0.2, 0.25) is 0 Å². The molecule has 5 nitrogen and oxygen atoms in total. The first-order valence-corrected chi connectivity index (χ1v) is 11.2. The molecule has 0 amide bonds. The zero-order valence-electron chi connectivity index (χ0n) is 17.6. The fourth-order valence-electron chi connectivity index (χ4n) is 4.81. The summed E-state index contributed by atoms with van der Waals surface area (Å²) in [6.45, 7) is 9.11. The smallest absolute Gasteiger partial charge is 0.336 e. The van der Waals surface area contributed by atoms with Crippen LogP contribution in [0.4, 0.5) is 0 Å². The molecular formula is C23H29NO4S. The zero-order chi connectivity index (χ0) is 20.8. The molecule has 0 spiro atoms. The van der Waals surface area contributed by atoms with Crippen molar-refractivity contribution in [3.05, 3.63) is 33.2 Å². The molecule has 6 heteroatoms. The zero-order valence-corrected chi connectivity index (χ0v) is 18.4. The maximum atomic E-state index is 13.2. The third kappa shape index (κ3) is 4.10. The molecule has 1 unspecified atom stereocenters. The lowest BCUT2D eigenvalue weighted by Crippen LogP contribution is -2.44. The molecule has 1 aromatic heterocycles. The molecule has 3 heterocycles. The molecule has 2 fully saturated rings. The van der Waals surface area contributed by atoms with Gasteiger partial charge in [0, 0.05) is 40.1 Å². The summed E-state index contributed by atoms with van der Waals surface area (Å²) >= 11 is 1.64. The number of ketones is 1. The third-order valence-corrected chi connectivity index (χ3v) is 7.16. The Morgan fingerprint density at radius 2 is 2.07 bits per heavy atom. The van der Waals surface area contributed by atoms with Crippen LogP contribution in [0.3, 0.4) is 0 Å². The van der Waals surface area contributed by atoms with Crippen LogP contribution in [0.25, 0.3) is 0 Å². The second-order valence-corrected chi connectivity index (χ2v) is 10.5. The van der Waals surface area contributed by atoms with E-state index in [-0.39, 0.29) is 41.7 Å². The van der Waals surface area contributed by atoms with Crippen LogP contribution < -0.4 is 0 Å². The number of thiophene rings is 1. The summed E-state index contributed by atoms with van der Waals surface area (Å²) in [5, 5.41) is 0. The summed E-state index contributed by atoms with van der Waals surface area (Å²) < 4.78 is 11.2. The van der Waals surface area contributed by atoms with Gasteiger partial charge in [-0.1, -0.05) is 13.8 Å². The van der Waals surface area contributed by atoms with E-state index in [1.807, 2.05) is 26.0 Å². The molecule has 3 aliphatic rings. The van der Waals surface area contributed by atoms with Crippen molar-refractivity contribution < 1.29 is 19.1 Å². The minimum Gasteiger partial charge on any atom is -0.460 e. The normalized spacial score (nSPS) is 28.9. The van der Waals surface area contributed by atoms with Crippen molar-refractivity contribution in [1.82, 2.24) is 0 Å². The SMILES string of the molecule is CC1=C(C(=O)OC[C@H]2CCCO2)[C@@H](c2ccc(C)s2)C2C(=O)CC(C)(C)CC2=N1. The van der Waals surface area contributed by atoms with Gasteiger partial charge in [-0.25, -0.2) is 4.79 Å². The summed E-state index contributed by atoms with van der Waals surface area (Å²) in [4.78, 5) is 33.3. The van der Waals surface area contributed by atoms with E-state index in [0.29, 0.717) is 17.7 Å². The number of carbonyl (C=O) groups is 2. The molecular weight excluding hydrogens is 386 g/mol. The predicted octanol–water partition coefficient (Wildman–Crippen LogP) is 4.60. The number of hydrogen-bond acceptors (Lipinski definition) is 6. The van der Waals surface area contributed by atoms with Gasteiger partial charge in [-0.05, 0) is 50.7 Å². The van der Waals surface area contributed by atoms with Gasteiger partial charge in [0.2, 0.25) is 0 Å². The molecule has 1 saturated carbocycles. The fraction of sp³-hybridized carbons (Fsp3) is 0.609. The monoisotopic (exact) mass is 415 g/mol. The molecule has 1 aromatic rings. The van der Waals surface area contributed by atoms with Gasteiger partial charge in [0.1, 0.15) is 12.4 Å². The number of ether oxygens (including phenoxy) is 2. The number of aryl methyl sites for hydroxylation is 1. The van der Waals surface area contributed by atoms with Gasteiger partial charge in [-0.15, -0.1) is 11.3 Å². The highest BCUT2D eigenvalue weighted by atomic mass is 32.1. The number of fused-ring (bicyclic) bond motifs is 1. The second-order valence-electron chi connectivity index (χ2n) is 9.22. The van der Waals surface area contributed by atoms with Gasteiger partial charge in [0.25, 0.3) is 0 Å². The summed E-state index contributed by atoms with van der Waals surface area (Å²) in [7, 11) is 0. The maximum Gasteiger partial charge on any atom is 0.336 e. The number of hydrogen-bond donors (Lipinski definition) is 0. The van der Waals surface area contributed by atoms with Gasteiger partial charge in [0.05, 0.1) is 17.6 Å². The molecule has 156 valence electrons. The van der Waals surface area contributed by atoms with Gasteiger partial charge >= 0.3 is 5.97 Å². The van der Waals surface area contributed by atoms with Crippen molar-refractivity contribution in [1.29, 1.82) is 0 Å². The van der Waals surface area contributed by atoms with E-state index in [9.17, 15) is 9.59 Å². The Balaban J connectivity index is 1.70. The minimum atomic E-state index is -0.366. The topological polar surface area (TPSA) is 65.0 Å². The van der Waals surface area contributed by atoms with Crippen molar-refractivity contribution in [3.63, 3.8) is 0 Å². The van der Waals surface area contributed by atoms with Crippen molar-refractivity contribution in [3.8, 4) is 0 Å². The van der Waals surface area contributed by atoms with Gasteiger partial charge < -0.3 is 9.47 Å². The molecule has 0 aromatic carbocycles. The van der Waals surface area contributed by atoms with Crippen LogP contribution in [-0.4, -0.2) is 36.8 Å². The van der Waals surface area contributed by atoms with Crippen molar-refractivity contribution in [2.75, 3.05) is 13.2 Å². The predicted molar refractivity (Wildman–Crippen MR) is 113 cm³/mol. The molecule has 0 radical (unpaired) electrons. The molecule has 1 saturated heterocycles. The van der Waals surface area contributed by atoms with Gasteiger partial charge in [-0.2, -0.15) is 0 Å². The van der Waals surface area contributed by atoms with Crippen molar-refractivity contribution in [2.45, 2.75) is 65.4 Å². The standard InChI is InChI=1S/C23H29NO4S/c1-13-7-8-18(29-13)21-19(22(26)28-12-15-6-5-9-27-15)14(2)24-16-10-23(3,4)11-17(25)20(16)21/h7-8,15,20-21H,5-6,9-12H2,1-4H3/t15-,20?,21-/m1/s1. The van der Waals surface area contributed by atoms with Crippen LogP contribution in [0.1, 0.15) is 62.1 Å². The van der Waals surface area contributed by atoms with E-state index < -0.39 is 0 Å². The summed E-state index contributed by atoms with van der Waals surface area (Å²) in [5.74, 6) is -0.862. The second kappa shape index (κ2) is 7.80. The highest BCUT2D eigenvalue weighted by molar-refractivity contribution is 7.12. The lowest BCUT2D eigenvalue weighted by Gasteiger charge is -2.40. The molecule has 2 aliphatic heterocycles. The minimum absolute atomic E-state index is 0.0259. The summed E-state index contributed by atoms with van der Waals surface area (Å²) in [5.41, 5.74) is 2.03. The number of aliphatic imine (C=N–C) groups is 1. The Morgan fingerprint density at radius 3 is 2.72 bits per heavy atom. The molecule has 1 aliphatic carbocycles. The maximum absolute atomic E-state index is 13.2. The Bertz CT molecular complexity index is 888. The van der Waals surface area contributed by atoms with Crippen LogP contribution in [-0.2, 0) is 19.1 Å². The highest BCUT2D eigenvalue weighted by Crippen LogP contribution is 2.48. The number of allylic oxidation sites excluding steroid dienone is 1. The van der Waals surface area contributed by atoms with Crippen LogP contribution in [0, 0.1) is 18.3 Å². The van der Waals surface area contributed by atoms with E-state index in [1.54, 1.807) is 11.3 Å². The molecule has 0 N–H and O–H groups in total. The van der Waals surface area contributed by atoms with Crippen molar-refractivity contribution >= 4 is 28.8 Å². The van der Waals surface area contributed by atoms with Gasteiger partial charge in [-0.3, -0.25) is 9.79 Å². The third-order valence-electron chi connectivity index (χ3n) is 6.08. The average Bonchev–Trinajstić information content (AvgIpc) is 3.28. The molecule has 4 rings (SSSR count). The number of rotatable bonds is 4. The highest BCUT2D eigenvalue weighted by Gasteiger charge is 2.48. The van der Waals surface area contributed by atoms with Gasteiger partial charge in [0.15, 0.2) is 0 Å². The summed E-state index contributed by atoms with van der Waals surface area (Å²) in [6, 6.07) is 4.09. The Hall–Kier alpha value is -1.79. The lowest BCUT2D eigenvalue weighted by atomic mass is 9.64. The Labute approximate surface area is 176 Å². The lowest BCUT2D eigenvalue weighted by molar-refractivity contribution is -0.142. The largest absolute Gasteiger partial charge is 0.460 e. The van der Waals surface area contributed by atoms with Crippen LogP contribution >= 0.6 is 11.3 Å². The quantitative estimate of drug-likeness (QED) is 0.675. The molecule has 3 atom stereocenters. The van der Waals surface area contributed by atoms with E-state index >= 15 is 0 Å². The van der Waals surface area contributed by atoms with E-state index in [1.165, 1.54) is 0 Å². The molecule has 0 bridgehead atoms. The van der Waals surface area contributed by atoms with E-state index in [0.717, 1.165) is 41.3 Å². The van der Waals surface area contributed by atoms with E-state index in [2.05, 4.69) is 13.8 Å². The van der Waals surface area contributed by atoms with E-state index in [4.69, 9.17) is 14.5 Å². The first kappa shape index (κ1) is 20.5. The fourth-order valence-corrected chi connectivity index (χ4v) is 5.83. The Morgan fingerprint density at radius 1 is 1.28 bits per heavy atom. The first-order valence-electron chi connectivity index (χ1n) is 10.4.